The second-order valence-electron chi connectivity index (χ2n) is 1.41. The van der Waals surface area contributed by atoms with Gasteiger partial charge in [-0.2, -0.15) is 9.90 Å². The van der Waals surface area contributed by atoms with Crippen molar-refractivity contribution < 1.29 is 4.70 Å². The Kier molecular flexibility index (Phi) is 8.59. The molecule has 1 rings (SSSR count). The molecule has 0 N–H and O–H groups in total. The molecule has 0 aromatic carbocycles. The van der Waals surface area contributed by atoms with Crippen molar-refractivity contribution in [3.05, 3.63) is 0 Å². The minimum absolute atomic E-state index is 0. The first-order valence-electron chi connectivity index (χ1n) is 2.00. The quantitative estimate of drug-likeness (QED) is 0.417. The number of rotatable bonds is 0. The highest BCUT2D eigenvalue weighted by molar-refractivity contribution is 6.92. The Bertz CT molecular complexity index is 15.5. The summed E-state index contributed by atoms with van der Waals surface area (Å²) in [7, 11) is 0. The molecule has 0 radical (unpaired) electrons. The summed E-state index contributed by atoms with van der Waals surface area (Å²) < 4.78 is 0. The van der Waals surface area contributed by atoms with Crippen LogP contribution in [0.1, 0.15) is 25.7 Å². The summed E-state index contributed by atoms with van der Waals surface area (Å²) in [5.74, 6) is 0. The van der Waals surface area contributed by atoms with Gasteiger partial charge in [0, 0.05) is 0 Å². The van der Waals surface area contributed by atoms with E-state index < -0.39 is 0 Å². The van der Waals surface area contributed by atoms with Crippen molar-refractivity contribution in [1.82, 2.24) is 0 Å². The molecule has 1 atom stereocenters. The monoisotopic (exact) mass is 110 g/mol. The lowest BCUT2D eigenvalue weighted by Crippen LogP contribution is -1.85. The zero-order chi connectivity index (χ0) is 2.83. The maximum absolute atomic E-state index is 1.50. The summed E-state index contributed by atoms with van der Waals surface area (Å²) in [5.41, 5.74) is 0. The van der Waals surface area contributed by atoms with E-state index in [-0.39, 0.29) is 14.6 Å². The first kappa shape index (κ1) is 9.61. The van der Waals surface area contributed by atoms with Gasteiger partial charge < -0.3 is 0 Å². The Morgan fingerprint density at radius 2 is 0.833 bits per heavy atom. The summed E-state index contributed by atoms with van der Waals surface area (Å²) >= 11 is 0. The van der Waals surface area contributed by atoms with Crippen molar-refractivity contribution in [2.75, 3.05) is 0 Å². The van der Waals surface area contributed by atoms with Gasteiger partial charge in [-0.25, -0.2) is 0 Å². The number of hydrogen-bond acceptors (Lipinski definition) is 0. The van der Waals surface area contributed by atoms with Crippen LogP contribution in [0, 0.1) is 0 Å². The highest BCUT2D eigenvalue weighted by Crippen LogP contribution is 2.15. The largest absolute Gasteiger partial charge is 0.269 e. The summed E-state index contributed by atoms with van der Waals surface area (Å²) in [4.78, 5) is 0. The third-order valence-corrected chi connectivity index (χ3v) is 1.000. The fraction of sp³-hybridized carbons (Fsp3) is 1.00. The molecule has 6 heavy (non-hydrogen) atoms. The lowest BCUT2D eigenvalue weighted by molar-refractivity contribution is 0.504. The van der Waals surface area contributed by atoms with E-state index in [1.165, 1.54) is 25.7 Å². The molecule has 1 saturated carbocycles. The molecule has 1 aliphatic rings. The van der Waals surface area contributed by atoms with Crippen LogP contribution in [-0.4, -0.2) is 0 Å². The molecule has 0 aromatic heterocycles. The molecule has 0 heterocycles. The van der Waals surface area contributed by atoms with Gasteiger partial charge in [0.25, 0.3) is 0 Å². The van der Waals surface area contributed by atoms with Gasteiger partial charge in [-0.3, -0.25) is 4.70 Å². The summed E-state index contributed by atoms with van der Waals surface area (Å²) in [6.07, 6.45) is 6.00. The molecular formula is C4H12FP. The Balaban J connectivity index is 0. The van der Waals surface area contributed by atoms with Crippen molar-refractivity contribution >= 4 is 9.90 Å². The molecule has 1 aliphatic carbocycles. The third kappa shape index (κ3) is 2.59. The van der Waals surface area contributed by atoms with Crippen molar-refractivity contribution in [2.45, 2.75) is 25.7 Å². The predicted octanol–water partition coefficient (Wildman–Crippen LogP) is 1.77. The van der Waals surface area contributed by atoms with Gasteiger partial charge in [-0.05, 0) is 0 Å². The molecule has 0 saturated heterocycles. The van der Waals surface area contributed by atoms with Crippen LogP contribution in [0.2, 0.25) is 0 Å². The SMILES string of the molecule is C1CCC1.F.P. The summed E-state index contributed by atoms with van der Waals surface area (Å²) in [6.45, 7) is 0. The van der Waals surface area contributed by atoms with Crippen LogP contribution in [0.25, 0.3) is 0 Å². The molecule has 0 aliphatic heterocycles. The molecule has 1 fully saturated rings. The van der Waals surface area contributed by atoms with Crippen LogP contribution in [0.5, 0.6) is 0 Å². The zero-order valence-corrected chi connectivity index (χ0v) is 5.36. The zero-order valence-electron chi connectivity index (χ0n) is 3.94. The van der Waals surface area contributed by atoms with Crippen LogP contribution in [0.4, 0.5) is 4.70 Å². The predicted molar refractivity (Wildman–Crippen MR) is 32.1 cm³/mol. The highest BCUT2D eigenvalue weighted by atomic mass is 31.0. The Hall–Kier alpha value is 0.360. The molecule has 40 valence electrons. The normalized spacial score (nSPS) is 16.0. The van der Waals surface area contributed by atoms with Gasteiger partial charge in [0.2, 0.25) is 0 Å². The topological polar surface area (TPSA) is 0 Å². The van der Waals surface area contributed by atoms with E-state index in [1.807, 2.05) is 0 Å². The van der Waals surface area contributed by atoms with Gasteiger partial charge in [0.1, 0.15) is 0 Å². The molecule has 0 nitrogen and oxygen atoms in total. The Morgan fingerprint density at radius 3 is 0.833 bits per heavy atom. The second-order valence-corrected chi connectivity index (χ2v) is 1.41. The first-order chi connectivity index (χ1) is 2.00. The van der Waals surface area contributed by atoms with Gasteiger partial charge in [-0.15, -0.1) is 0 Å². The molecule has 0 spiro atoms. The van der Waals surface area contributed by atoms with Crippen LogP contribution in [0.3, 0.4) is 0 Å². The molecule has 1 unspecified atom stereocenters. The van der Waals surface area contributed by atoms with Gasteiger partial charge >= 0.3 is 0 Å². The van der Waals surface area contributed by atoms with Crippen LogP contribution >= 0.6 is 9.90 Å². The lowest BCUT2D eigenvalue weighted by Gasteiger charge is -2.05. The van der Waals surface area contributed by atoms with E-state index in [0.29, 0.717) is 0 Å². The third-order valence-electron chi connectivity index (χ3n) is 1.000. The molecule has 0 aromatic rings. The van der Waals surface area contributed by atoms with Gasteiger partial charge in [-0.1, -0.05) is 25.7 Å². The van der Waals surface area contributed by atoms with Crippen molar-refractivity contribution in [3.63, 3.8) is 0 Å². The molecular weight excluding hydrogens is 98.0 g/mol. The minimum Gasteiger partial charge on any atom is -0.269 e. The van der Waals surface area contributed by atoms with Crippen LogP contribution in [0.15, 0.2) is 0 Å². The highest BCUT2D eigenvalue weighted by Gasteiger charge is 1.95. The van der Waals surface area contributed by atoms with Crippen molar-refractivity contribution in [3.8, 4) is 0 Å². The second kappa shape index (κ2) is 5.36. The van der Waals surface area contributed by atoms with Crippen molar-refractivity contribution in [2.24, 2.45) is 0 Å². The molecule has 2 heteroatoms. The minimum atomic E-state index is 0. The smallest absolute Gasteiger partial charge is 0.0533 e. The van der Waals surface area contributed by atoms with Crippen molar-refractivity contribution in [1.29, 1.82) is 0 Å². The number of hydrogen-bond donors (Lipinski definition) is 0. The maximum atomic E-state index is 1.50. The van der Waals surface area contributed by atoms with E-state index >= 15 is 0 Å². The van der Waals surface area contributed by atoms with Gasteiger partial charge in [0.15, 0.2) is 0 Å². The van der Waals surface area contributed by atoms with E-state index in [2.05, 4.69) is 0 Å². The Labute approximate surface area is 41.3 Å². The first-order valence-corrected chi connectivity index (χ1v) is 2.00. The summed E-state index contributed by atoms with van der Waals surface area (Å²) in [5, 5.41) is 0. The van der Waals surface area contributed by atoms with E-state index in [9.17, 15) is 0 Å². The van der Waals surface area contributed by atoms with E-state index in [4.69, 9.17) is 0 Å². The average molecular weight is 110 g/mol. The van der Waals surface area contributed by atoms with Gasteiger partial charge in [0.05, 0.1) is 0 Å². The fourth-order valence-corrected chi connectivity index (χ4v) is 0.250. The Morgan fingerprint density at radius 1 is 0.667 bits per heavy atom. The average Bonchev–Trinajstić information content (AvgIpc) is 0.722. The number of halogens is 1. The van der Waals surface area contributed by atoms with E-state index in [0.717, 1.165) is 0 Å². The molecule has 0 amide bonds. The van der Waals surface area contributed by atoms with Crippen LogP contribution < -0.4 is 0 Å². The standard InChI is InChI=1S/C4H8.FH.H3P/c1-2-4-3-1;;/h1-4H2;1H;1H3. The molecule has 0 bridgehead atoms. The maximum Gasteiger partial charge on any atom is -0.0533 e. The van der Waals surface area contributed by atoms with Crippen LogP contribution in [-0.2, 0) is 0 Å². The summed E-state index contributed by atoms with van der Waals surface area (Å²) in [6, 6.07) is 0. The lowest BCUT2D eigenvalue weighted by atomic mass is 10.0. The fourth-order valence-electron chi connectivity index (χ4n) is 0.250. The van der Waals surface area contributed by atoms with E-state index in [1.54, 1.807) is 0 Å².